The second-order valence-electron chi connectivity index (χ2n) is 4.19. The van der Waals surface area contributed by atoms with Crippen LogP contribution in [0.1, 0.15) is 5.56 Å². The first-order chi connectivity index (χ1) is 8.65. The maximum absolute atomic E-state index is 13.4. The molecule has 0 radical (unpaired) electrons. The third-order valence-electron chi connectivity index (χ3n) is 2.63. The number of rotatable bonds is 8. The SMILES string of the molecule is COCCNCCN(C)Cc1cccc(F)c1F. The van der Waals surface area contributed by atoms with E-state index in [1.165, 1.54) is 6.07 Å². The van der Waals surface area contributed by atoms with Gasteiger partial charge in [-0.3, -0.25) is 0 Å². The highest BCUT2D eigenvalue weighted by molar-refractivity contribution is 5.18. The molecule has 18 heavy (non-hydrogen) atoms. The minimum Gasteiger partial charge on any atom is -0.383 e. The maximum Gasteiger partial charge on any atom is 0.163 e. The van der Waals surface area contributed by atoms with Gasteiger partial charge in [0.1, 0.15) is 0 Å². The van der Waals surface area contributed by atoms with Crippen LogP contribution < -0.4 is 5.32 Å². The molecule has 0 spiro atoms. The average Bonchev–Trinajstić information content (AvgIpc) is 2.35. The van der Waals surface area contributed by atoms with Crippen LogP contribution in [0.25, 0.3) is 0 Å². The lowest BCUT2D eigenvalue weighted by Gasteiger charge is -2.17. The van der Waals surface area contributed by atoms with E-state index in [1.54, 1.807) is 13.2 Å². The quantitative estimate of drug-likeness (QED) is 0.717. The summed E-state index contributed by atoms with van der Waals surface area (Å²) < 4.78 is 31.3. The zero-order valence-corrected chi connectivity index (χ0v) is 10.9. The van der Waals surface area contributed by atoms with E-state index in [1.807, 2.05) is 11.9 Å². The lowest BCUT2D eigenvalue weighted by Crippen LogP contribution is -2.30. The molecule has 3 nitrogen and oxygen atoms in total. The van der Waals surface area contributed by atoms with Gasteiger partial charge in [0, 0.05) is 38.9 Å². The molecule has 0 aliphatic carbocycles. The molecule has 1 N–H and O–H groups in total. The molecule has 0 fully saturated rings. The van der Waals surface area contributed by atoms with Gasteiger partial charge >= 0.3 is 0 Å². The molecule has 1 aromatic rings. The Morgan fingerprint density at radius 2 is 2.06 bits per heavy atom. The largest absolute Gasteiger partial charge is 0.383 e. The number of nitrogens with zero attached hydrogens (tertiary/aromatic N) is 1. The summed E-state index contributed by atoms with van der Waals surface area (Å²) in [4.78, 5) is 1.94. The fourth-order valence-electron chi connectivity index (χ4n) is 1.61. The molecule has 0 aromatic heterocycles. The Labute approximate surface area is 107 Å². The third-order valence-corrected chi connectivity index (χ3v) is 2.63. The van der Waals surface area contributed by atoms with E-state index < -0.39 is 11.6 Å². The zero-order chi connectivity index (χ0) is 13.4. The van der Waals surface area contributed by atoms with Crippen LogP contribution in [-0.4, -0.2) is 45.3 Å². The first kappa shape index (κ1) is 15.0. The molecule has 0 aliphatic rings. The topological polar surface area (TPSA) is 24.5 Å². The van der Waals surface area contributed by atoms with Crippen molar-refractivity contribution in [2.45, 2.75) is 6.54 Å². The van der Waals surface area contributed by atoms with Crippen LogP contribution in [0.2, 0.25) is 0 Å². The van der Waals surface area contributed by atoms with Crippen LogP contribution in [0.3, 0.4) is 0 Å². The number of hydrogen-bond donors (Lipinski definition) is 1. The van der Waals surface area contributed by atoms with Crippen LogP contribution in [0.15, 0.2) is 18.2 Å². The summed E-state index contributed by atoms with van der Waals surface area (Å²) in [5.74, 6) is -1.55. The first-order valence-electron chi connectivity index (χ1n) is 5.96. The predicted octanol–water partition coefficient (Wildman–Crippen LogP) is 1.63. The Morgan fingerprint density at radius 1 is 1.28 bits per heavy atom. The number of methoxy groups -OCH3 is 1. The molecule has 5 heteroatoms. The molecule has 102 valence electrons. The van der Waals surface area contributed by atoms with Crippen LogP contribution in [-0.2, 0) is 11.3 Å². The van der Waals surface area contributed by atoms with Gasteiger partial charge in [0.15, 0.2) is 11.6 Å². The lowest BCUT2D eigenvalue weighted by atomic mass is 10.2. The van der Waals surface area contributed by atoms with E-state index in [-0.39, 0.29) is 0 Å². The van der Waals surface area contributed by atoms with E-state index in [4.69, 9.17) is 4.74 Å². The first-order valence-corrected chi connectivity index (χ1v) is 5.96. The Morgan fingerprint density at radius 3 is 2.78 bits per heavy atom. The predicted molar refractivity (Wildman–Crippen MR) is 67.4 cm³/mol. The van der Waals surface area contributed by atoms with Crippen LogP contribution >= 0.6 is 0 Å². The number of ether oxygens (including phenoxy) is 1. The standard InChI is InChI=1S/C13H20F2N2O/c1-17(8-6-16-7-9-18-2)10-11-4-3-5-12(14)13(11)15/h3-5,16H,6-10H2,1-2H3. The molecule has 0 bridgehead atoms. The number of benzene rings is 1. The van der Waals surface area contributed by atoms with Gasteiger partial charge in [-0.1, -0.05) is 12.1 Å². The minimum absolute atomic E-state index is 0.384. The van der Waals surface area contributed by atoms with Crippen LogP contribution in [0.4, 0.5) is 8.78 Å². The molecule has 0 saturated heterocycles. The molecule has 0 amide bonds. The monoisotopic (exact) mass is 258 g/mol. The van der Waals surface area contributed by atoms with Crippen molar-refractivity contribution in [3.8, 4) is 0 Å². The van der Waals surface area contributed by atoms with Gasteiger partial charge in [0.2, 0.25) is 0 Å². The Bertz CT molecular complexity index is 361. The van der Waals surface area contributed by atoms with Crippen molar-refractivity contribution in [2.24, 2.45) is 0 Å². The third kappa shape index (κ3) is 5.08. The number of likely N-dealkylation sites (N-methyl/N-ethyl adjacent to an activating group) is 1. The summed E-state index contributed by atoms with van der Waals surface area (Å²) in [5.41, 5.74) is 0.384. The fourth-order valence-corrected chi connectivity index (χ4v) is 1.61. The van der Waals surface area contributed by atoms with Gasteiger partial charge in [-0.05, 0) is 13.1 Å². The van der Waals surface area contributed by atoms with Crippen molar-refractivity contribution in [1.82, 2.24) is 10.2 Å². The van der Waals surface area contributed by atoms with E-state index >= 15 is 0 Å². The molecule has 0 saturated carbocycles. The number of nitrogens with one attached hydrogen (secondary N) is 1. The fraction of sp³-hybridized carbons (Fsp3) is 0.538. The minimum atomic E-state index is -0.792. The zero-order valence-electron chi connectivity index (χ0n) is 10.9. The van der Waals surface area contributed by atoms with Crippen molar-refractivity contribution in [2.75, 3.05) is 40.4 Å². The highest BCUT2D eigenvalue weighted by Gasteiger charge is 2.09. The van der Waals surface area contributed by atoms with Crippen LogP contribution in [0.5, 0.6) is 0 Å². The Balaban J connectivity index is 2.31. The van der Waals surface area contributed by atoms with Crippen molar-refractivity contribution in [1.29, 1.82) is 0 Å². The summed E-state index contributed by atoms with van der Waals surface area (Å²) in [6, 6.07) is 4.26. The normalized spacial score (nSPS) is 11.2. The molecular weight excluding hydrogens is 238 g/mol. The average molecular weight is 258 g/mol. The van der Waals surface area contributed by atoms with E-state index in [9.17, 15) is 8.78 Å². The van der Waals surface area contributed by atoms with Crippen molar-refractivity contribution < 1.29 is 13.5 Å². The number of hydrogen-bond acceptors (Lipinski definition) is 3. The second kappa shape index (κ2) is 8.13. The second-order valence-corrected chi connectivity index (χ2v) is 4.19. The van der Waals surface area contributed by atoms with E-state index in [0.717, 1.165) is 25.7 Å². The van der Waals surface area contributed by atoms with Gasteiger partial charge < -0.3 is 15.0 Å². The summed E-state index contributed by atoms with van der Waals surface area (Å²) in [7, 11) is 3.53. The summed E-state index contributed by atoms with van der Waals surface area (Å²) >= 11 is 0. The van der Waals surface area contributed by atoms with Gasteiger partial charge in [0.05, 0.1) is 6.61 Å². The van der Waals surface area contributed by atoms with Gasteiger partial charge in [-0.25, -0.2) is 8.78 Å². The van der Waals surface area contributed by atoms with E-state index in [0.29, 0.717) is 18.7 Å². The summed E-state index contributed by atoms with van der Waals surface area (Å²) in [5, 5.41) is 3.19. The molecular formula is C13H20F2N2O. The van der Waals surface area contributed by atoms with Crippen LogP contribution in [0, 0.1) is 11.6 Å². The molecule has 0 aliphatic heterocycles. The number of halogens is 2. The molecule has 1 rings (SSSR count). The smallest absolute Gasteiger partial charge is 0.163 e. The highest BCUT2D eigenvalue weighted by atomic mass is 19.2. The Kier molecular flexibility index (Phi) is 6.78. The summed E-state index contributed by atoms with van der Waals surface area (Å²) in [6.45, 7) is 3.41. The maximum atomic E-state index is 13.4. The van der Waals surface area contributed by atoms with Crippen molar-refractivity contribution >= 4 is 0 Å². The van der Waals surface area contributed by atoms with Gasteiger partial charge in [-0.15, -0.1) is 0 Å². The molecule has 0 atom stereocenters. The van der Waals surface area contributed by atoms with Gasteiger partial charge in [0.25, 0.3) is 0 Å². The Hall–Kier alpha value is -1.04. The molecule has 1 aromatic carbocycles. The van der Waals surface area contributed by atoms with Crippen molar-refractivity contribution in [3.05, 3.63) is 35.4 Å². The molecule has 0 heterocycles. The van der Waals surface area contributed by atoms with Crippen molar-refractivity contribution in [3.63, 3.8) is 0 Å². The molecule has 0 unspecified atom stereocenters. The highest BCUT2D eigenvalue weighted by Crippen LogP contribution is 2.12. The lowest BCUT2D eigenvalue weighted by molar-refractivity contribution is 0.197. The van der Waals surface area contributed by atoms with E-state index in [2.05, 4.69) is 5.32 Å². The summed E-state index contributed by atoms with van der Waals surface area (Å²) in [6.07, 6.45) is 0. The van der Waals surface area contributed by atoms with Gasteiger partial charge in [-0.2, -0.15) is 0 Å².